The Morgan fingerprint density at radius 1 is 1.19 bits per heavy atom. The zero-order valence-electron chi connectivity index (χ0n) is 11.0. The number of nitrogens with zero attached hydrogens (tertiary/aromatic N) is 4. The summed E-state index contributed by atoms with van der Waals surface area (Å²) in [5.41, 5.74) is 0.460. The maximum atomic E-state index is 13.2. The van der Waals surface area contributed by atoms with E-state index in [1.165, 1.54) is 21.1 Å². The van der Waals surface area contributed by atoms with Gasteiger partial charge < -0.3 is 4.57 Å². The average Bonchev–Trinajstić information content (AvgIpc) is 2.87. The van der Waals surface area contributed by atoms with Gasteiger partial charge in [-0.15, -0.1) is 10.2 Å². The third-order valence-corrected chi connectivity index (χ3v) is 3.17. The van der Waals surface area contributed by atoms with Crippen LogP contribution in [0.1, 0.15) is 11.4 Å². The number of aromatic nitrogens is 4. The molecule has 0 radical (unpaired) electrons. The van der Waals surface area contributed by atoms with E-state index in [4.69, 9.17) is 0 Å². The molecular weight excluding hydrogens is 278 g/mol. The lowest BCUT2D eigenvalue weighted by Crippen LogP contribution is -2.22. The molecule has 0 spiro atoms. The van der Waals surface area contributed by atoms with Crippen LogP contribution in [0.2, 0.25) is 0 Å². The third kappa shape index (κ3) is 2.54. The van der Waals surface area contributed by atoms with Crippen molar-refractivity contribution in [3.8, 4) is 0 Å². The minimum atomic E-state index is -0.562. The predicted octanol–water partition coefficient (Wildman–Crippen LogP) is 1.59. The fourth-order valence-electron chi connectivity index (χ4n) is 2.18. The van der Waals surface area contributed by atoms with Crippen LogP contribution in [0.5, 0.6) is 0 Å². The summed E-state index contributed by atoms with van der Waals surface area (Å²) in [4.78, 5) is 12.3. The first-order valence-electron chi connectivity index (χ1n) is 6.42. The Morgan fingerprint density at radius 2 is 2.05 bits per heavy atom. The number of fused-ring (bicyclic) bond motifs is 1. The van der Waals surface area contributed by atoms with Gasteiger partial charge in [-0.1, -0.05) is 12.1 Å². The lowest BCUT2D eigenvalue weighted by Gasteiger charge is -2.06. The summed E-state index contributed by atoms with van der Waals surface area (Å²) in [6, 6.07) is 6.04. The van der Waals surface area contributed by atoms with Crippen LogP contribution < -0.4 is 5.56 Å². The van der Waals surface area contributed by atoms with Gasteiger partial charge in [-0.3, -0.25) is 13.6 Å². The van der Waals surface area contributed by atoms with Crippen LogP contribution in [0.15, 0.2) is 41.5 Å². The van der Waals surface area contributed by atoms with Crippen LogP contribution in [0.4, 0.5) is 8.78 Å². The molecule has 2 heterocycles. The fraction of sp³-hybridized carbons (Fsp3) is 0.214. The third-order valence-electron chi connectivity index (χ3n) is 3.17. The molecule has 0 aliphatic carbocycles. The summed E-state index contributed by atoms with van der Waals surface area (Å²) in [5.74, 6) is 0.0526. The van der Waals surface area contributed by atoms with Crippen LogP contribution in [0.25, 0.3) is 5.65 Å². The Hall–Kier alpha value is -2.57. The largest absolute Gasteiger partial charge is 0.306 e. The van der Waals surface area contributed by atoms with Crippen molar-refractivity contribution in [2.24, 2.45) is 0 Å². The molecule has 0 aliphatic heterocycles. The molecule has 21 heavy (non-hydrogen) atoms. The van der Waals surface area contributed by atoms with E-state index in [2.05, 4.69) is 10.2 Å². The molecule has 0 aliphatic rings. The molecule has 5 nitrogen and oxygen atoms in total. The summed E-state index contributed by atoms with van der Waals surface area (Å²) in [6.45, 7) is -0.328. The van der Waals surface area contributed by atoms with Crippen molar-refractivity contribution in [2.75, 3.05) is 6.67 Å². The van der Waals surface area contributed by atoms with Crippen LogP contribution >= 0.6 is 0 Å². The zero-order valence-corrected chi connectivity index (χ0v) is 11.0. The Labute approximate surface area is 118 Å². The van der Waals surface area contributed by atoms with Gasteiger partial charge >= 0.3 is 0 Å². The monoisotopic (exact) mass is 290 g/mol. The van der Waals surface area contributed by atoms with Gasteiger partial charge in [0.05, 0.1) is 13.2 Å². The van der Waals surface area contributed by atoms with E-state index < -0.39 is 6.67 Å². The van der Waals surface area contributed by atoms with Gasteiger partial charge in [0.25, 0.3) is 5.56 Å². The quantitative estimate of drug-likeness (QED) is 0.733. The van der Waals surface area contributed by atoms with Crippen molar-refractivity contribution in [2.45, 2.75) is 13.0 Å². The van der Waals surface area contributed by atoms with Crippen molar-refractivity contribution in [1.29, 1.82) is 0 Å². The van der Waals surface area contributed by atoms with Crippen LogP contribution in [0, 0.1) is 5.82 Å². The van der Waals surface area contributed by atoms with E-state index in [9.17, 15) is 13.6 Å². The van der Waals surface area contributed by atoms with Crippen molar-refractivity contribution in [3.05, 3.63) is 64.2 Å². The van der Waals surface area contributed by atoms with Crippen molar-refractivity contribution in [1.82, 2.24) is 19.2 Å². The van der Waals surface area contributed by atoms with E-state index in [0.29, 0.717) is 11.4 Å². The molecule has 3 rings (SSSR count). The van der Waals surface area contributed by atoms with Crippen molar-refractivity contribution in [3.63, 3.8) is 0 Å². The smallest absolute Gasteiger partial charge is 0.296 e. The Bertz CT molecular complexity index is 840. The van der Waals surface area contributed by atoms with E-state index in [1.807, 2.05) is 0 Å². The summed E-state index contributed by atoms with van der Waals surface area (Å²) in [7, 11) is 0. The summed E-state index contributed by atoms with van der Waals surface area (Å²) >= 11 is 0. The number of alkyl halides is 1. The maximum Gasteiger partial charge on any atom is 0.296 e. The van der Waals surface area contributed by atoms with E-state index in [-0.39, 0.29) is 30.0 Å². The van der Waals surface area contributed by atoms with Gasteiger partial charge in [0, 0.05) is 18.8 Å². The number of hydrogen-bond donors (Lipinski definition) is 0. The van der Waals surface area contributed by atoms with E-state index >= 15 is 0 Å². The first-order chi connectivity index (χ1) is 10.2. The van der Waals surface area contributed by atoms with E-state index in [0.717, 1.165) is 0 Å². The highest BCUT2D eigenvalue weighted by molar-refractivity contribution is 5.35. The normalized spacial score (nSPS) is 11.1. The van der Waals surface area contributed by atoms with Crippen molar-refractivity contribution < 1.29 is 8.78 Å². The minimum Gasteiger partial charge on any atom is -0.306 e. The molecule has 2 aromatic heterocycles. The number of halogens is 2. The molecule has 0 saturated heterocycles. The molecule has 0 unspecified atom stereocenters. The highest BCUT2D eigenvalue weighted by Gasteiger charge is 2.10. The number of hydrogen-bond acceptors (Lipinski definition) is 3. The highest BCUT2D eigenvalue weighted by atomic mass is 19.1. The first-order valence-corrected chi connectivity index (χ1v) is 6.42. The average molecular weight is 290 g/mol. The topological polar surface area (TPSA) is 52.2 Å². The molecule has 7 heteroatoms. The highest BCUT2D eigenvalue weighted by Crippen LogP contribution is 2.06. The Balaban J connectivity index is 2.01. The van der Waals surface area contributed by atoms with Crippen LogP contribution in [-0.4, -0.2) is 25.8 Å². The molecule has 3 aromatic rings. The van der Waals surface area contributed by atoms with E-state index in [1.54, 1.807) is 24.5 Å². The second kappa shape index (κ2) is 5.43. The second-order valence-corrected chi connectivity index (χ2v) is 4.61. The zero-order chi connectivity index (χ0) is 14.8. The van der Waals surface area contributed by atoms with Crippen molar-refractivity contribution >= 4 is 5.65 Å². The maximum absolute atomic E-state index is 13.2. The lowest BCUT2D eigenvalue weighted by molar-refractivity contribution is 0.486. The second-order valence-electron chi connectivity index (χ2n) is 4.61. The molecular formula is C14H12F2N4O. The predicted molar refractivity (Wildman–Crippen MR) is 72.4 cm³/mol. The Kier molecular flexibility index (Phi) is 3.47. The molecule has 0 saturated carbocycles. The molecule has 1 aromatic carbocycles. The minimum absolute atomic E-state index is 0.106. The number of benzene rings is 1. The summed E-state index contributed by atoms with van der Waals surface area (Å²) < 4.78 is 28.4. The lowest BCUT2D eigenvalue weighted by atomic mass is 10.2. The first kappa shape index (κ1) is 13.4. The SMILES string of the molecule is O=c1c2nnc(CCF)n2ccn1Cc1cccc(F)c1. The van der Waals surface area contributed by atoms with Crippen LogP contribution in [0.3, 0.4) is 0 Å². The molecule has 0 bridgehead atoms. The summed E-state index contributed by atoms with van der Waals surface area (Å²) in [5, 5.41) is 7.60. The Morgan fingerprint density at radius 3 is 2.81 bits per heavy atom. The van der Waals surface area contributed by atoms with Gasteiger partial charge in [0.2, 0.25) is 5.65 Å². The van der Waals surface area contributed by atoms with Gasteiger partial charge in [-0.25, -0.2) is 4.39 Å². The summed E-state index contributed by atoms with van der Waals surface area (Å²) in [6.07, 6.45) is 3.28. The number of aryl methyl sites for hydroxylation is 1. The molecule has 0 amide bonds. The van der Waals surface area contributed by atoms with Gasteiger partial charge in [0.15, 0.2) is 0 Å². The van der Waals surface area contributed by atoms with Gasteiger partial charge in [-0.2, -0.15) is 0 Å². The molecule has 0 fully saturated rings. The van der Waals surface area contributed by atoms with Crippen LogP contribution in [-0.2, 0) is 13.0 Å². The standard InChI is InChI=1S/C14H12F2N4O/c15-5-4-12-17-18-13-14(21)19(6-7-20(12)13)9-10-2-1-3-11(16)8-10/h1-3,6-8H,4-5,9H2. The molecule has 108 valence electrons. The number of rotatable bonds is 4. The van der Waals surface area contributed by atoms with Gasteiger partial charge in [0.1, 0.15) is 11.6 Å². The molecule has 0 N–H and O–H groups in total. The fourth-order valence-corrected chi connectivity index (χ4v) is 2.18. The van der Waals surface area contributed by atoms with Gasteiger partial charge in [-0.05, 0) is 17.7 Å². The molecule has 0 atom stereocenters.